The van der Waals surface area contributed by atoms with Gasteiger partial charge in [-0.3, -0.25) is 9.59 Å². The number of para-hydroxylation sites is 1. The first-order chi connectivity index (χ1) is 13.2. The Kier molecular flexibility index (Phi) is 5.88. The van der Waals surface area contributed by atoms with E-state index in [1.54, 1.807) is 11.0 Å². The number of hydrogen-bond donors (Lipinski definition) is 1. The molecule has 1 aromatic rings. The first-order valence-corrected chi connectivity index (χ1v) is 9.60. The third-order valence-corrected chi connectivity index (χ3v) is 5.76. The van der Waals surface area contributed by atoms with Gasteiger partial charge in [0.15, 0.2) is 0 Å². The standard InChI is InChI=1S/C20H27F2N3O3/c1-20(2)12-24(11-9-16(20)23)18(27)14-7-5-10-25(14)17(26)13-6-3-4-8-15(13)28-19(21)22/h3-4,6,8,14,16,19H,5,7,9-12,23H2,1-2H3. The fourth-order valence-electron chi connectivity index (χ4n) is 4.04. The Morgan fingerprint density at radius 2 is 1.93 bits per heavy atom. The van der Waals surface area contributed by atoms with Crippen molar-refractivity contribution >= 4 is 11.8 Å². The molecular weight excluding hydrogens is 368 g/mol. The van der Waals surface area contributed by atoms with Crippen molar-refractivity contribution in [2.45, 2.75) is 51.8 Å². The van der Waals surface area contributed by atoms with E-state index in [2.05, 4.69) is 4.74 Å². The Labute approximate surface area is 163 Å². The minimum absolute atomic E-state index is 0.0243. The summed E-state index contributed by atoms with van der Waals surface area (Å²) >= 11 is 0. The highest BCUT2D eigenvalue weighted by molar-refractivity contribution is 6.00. The molecule has 2 aliphatic rings. The molecule has 2 heterocycles. The van der Waals surface area contributed by atoms with Gasteiger partial charge in [0.05, 0.1) is 5.56 Å². The van der Waals surface area contributed by atoms with Crippen LogP contribution < -0.4 is 10.5 Å². The molecule has 2 N–H and O–H groups in total. The number of nitrogens with zero attached hydrogens (tertiary/aromatic N) is 2. The molecule has 2 aliphatic heterocycles. The number of carbonyl (C=O) groups excluding carboxylic acids is 2. The predicted octanol–water partition coefficient (Wildman–Crippen LogP) is 2.48. The van der Waals surface area contributed by atoms with E-state index < -0.39 is 18.6 Å². The molecule has 2 amide bonds. The van der Waals surface area contributed by atoms with Crippen LogP contribution in [0.15, 0.2) is 24.3 Å². The number of likely N-dealkylation sites (tertiary alicyclic amines) is 2. The largest absolute Gasteiger partial charge is 0.434 e. The van der Waals surface area contributed by atoms with E-state index in [4.69, 9.17) is 5.73 Å². The van der Waals surface area contributed by atoms with Crippen molar-refractivity contribution in [2.24, 2.45) is 11.1 Å². The van der Waals surface area contributed by atoms with Gasteiger partial charge in [-0.1, -0.05) is 26.0 Å². The summed E-state index contributed by atoms with van der Waals surface area (Å²) in [6, 6.07) is 5.34. The number of nitrogens with two attached hydrogens (primary N) is 1. The second-order valence-corrected chi connectivity index (χ2v) is 8.17. The molecule has 2 saturated heterocycles. The molecule has 6 nitrogen and oxygen atoms in total. The quantitative estimate of drug-likeness (QED) is 0.850. The number of alkyl halides is 2. The lowest BCUT2D eigenvalue weighted by molar-refractivity contribution is -0.138. The number of carbonyl (C=O) groups is 2. The Morgan fingerprint density at radius 3 is 2.61 bits per heavy atom. The Hall–Kier alpha value is -2.22. The van der Waals surface area contributed by atoms with Gasteiger partial charge in [0, 0.05) is 25.7 Å². The van der Waals surface area contributed by atoms with Gasteiger partial charge in [-0.25, -0.2) is 0 Å². The van der Waals surface area contributed by atoms with Crippen molar-refractivity contribution in [2.75, 3.05) is 19.6 Å². The summed E-state index contributed by atoms with van der Waals surface area (Å²) in [5.74, 6) is -0.733. The Balaban J connectivity index is 1.78. The van der Waals surface area contributed by atoms with Crippen LogP contribution in [-0.4, -0.2) is 59.9 Å². The first-order valence-electron chi connectivity index (χ1n) is 9.60. The average Bonchev–Trinajstić information content (AvgIpc) is 3.12. The van der Waals surface area contributed by atoms with Crippen molar-refractivity contribution in [1.82, 2.24) is 9.80 Å². The van der Waals surface area contributed by atoms with Crippen LogP contribution in [0.5, 0.6) is 5.75 Å². The van der Waals surface area contributed by atoms with Crippen molar-refractivity contribution in [3.63, 3.8) is 0 Å². The van der Waals surface area contributed by atoms with E-state index in [0.29, 0.717) is 38.9 Å². The van der Waals surface area contributed by atoms with Crippen LogP contribution in [-0.2, 0) is 4.79 Å². The number of piperidine rings is 1. The maximum atomic E-state index is 13.1. The van der Waals surface area contributed by atoms with Crippen LogP contribution in [0.4, 0.5) is 8.78 Å². The topological polar surface area (TPSA) is 75.9 Å². The van der Waals surface area contributed by atoms with Gasteiger partial charge in [-0.15, -0.1) is 0 Å². The molecule has 0 radical (unpaired) electrons. The molecule has 2 fully saturated rings. The summed E-state index contributed by atoms with van der Waals surface area (Å²) in [6.07, 6.45) is 1.96. The van der Waals surface area contributed by atoms with E-state index in [1.165, 1.54) is 23.1 Å². The first kappa shape index (κ1) is 20.5. The average molecular weight is 395 g/mol. The van der Waals surface area contributed by atoms with Crippen molar-refractivity contribution in [3.8, 4) is 5.75 Å². The summed E-state index contributed by atoms with van der Waals surface area (Å²) in [5.41, 5.74) is 6.01. The molecule has 2 unspecified atom stereocenters. The highest BCUT2D eigenvalue weighted by Gasteiger charge is 2.41. The van der Waals surface area contributed by atoms with Crippen molar-refractivity contribution in [3.05, 3.63) is 29.8 Å². The Bertz CT molecular complexity index is 741. The lowest BCUT2D eigenvalue weighted by Gasteiger charge is -2.44. The van der Waals surface area contributed by atoms with Gasteiger partial charge < -0.3 is 20.3 Å². The summed E-state index contributed by atoms with van der Waals surface area (Å²) in [7, 11) is 0. The van der Waals surface area contributed by atoms with Gasteiger partial charge >= 0.3 is 6.61 Å². The number of rotatable bonds is 4. The minimum atomic E-state index is -3.02. The fourth-order valence-corrected chi connectivity index (χ4v) is 4.04. The molecule has 1 aromatic carbocycles. The van der Waals surface area contributed by atoms with Crippen LogP contribution in [0.25, 0.3) is 0 Å². The minimum Gasteiger partial charge on any atom is -0.434 e. The third-order valence-electron chi connectivity index (χ3n) is 5.76. The lowest BCUT2D eigenvalue weighted by Crippen LogP contribution is -2.57. The molecule has 28 heavy (non-hydrogen) atoms. The smallest absolute Gasteiger partial charge is 0.387 e. The summed E-state index contributed by atoms with van der Waals surface area (Å²) in [6.45, 7) is 2.56. The molecular formula is C20H27F2N3O3. The zero-order chi connectivity index (χ0) is 20.5. The van der Waals surface area contributed by atoms with E-state index in [-0.39, 0.29) is 28.7 Å². The molecule has 8 heteroatoms. The van der Waals surface area contributed by atoms with Gasteiger partial charge in [0.25, 0.3) is 5.91 Å². The second-order valence-electron chi connectivity index (χ2n) is 8.17. The van der Waals surface area contributed by atoms with Gasteiger partial charge in [0.1, 0.15) is 11.8 Å². The number of hydrogen-bond acceptors (Lipinski definition) is 4. The van der Waals surface area contributed by atoms with Crippen LogP contribution in [0.1, 0.15) is 43.5 Å². The molecule has 0 bridgehead atoms. The molecule has 0 aliphatic carbocycles. The number of amides is 2. The van der Waals surface area contributed by atoms with E-state index in [0.717, 1.165) is 0 Å². The van der Waals surface area contributed by atoms with Crippen LogP contribution in [0.2, 0.25) is 0 Å². The van der Waals surface area contributed by atoms with Crippen LogP contribution in [0, 0.1) is 5.41 Å². The van der Waals surface area contributed by atoms with Crippen LogP contribution >= 0.6 is 0 Å². The zero-order valence-corrected chi connectivity index (χ0v) is 16.2. The fraction of sp³-hybridized carbons (Fsp3) is 0.600. The van der Waals surface area contributed by atoms with E-state index in [1.807, 2.05) is 13.8 Å². The van der Waals surface area contributed by atoms with Crippen molar-refractivity contribution < 1.29 is 23.1 Å². The monoisotopic (exact) mass is 395 g/mol. The number of ether oxygens (including phenoxy) is 1. The maximum Gasteiger partial charge on any atom is 0.387 e. The maximum absolute atomic E-state index is 13.1. The predicted molar refractivity (Wildman–Crippen MR) is 100 cm³/mol. The highest BCUT2D eigenvalue weighted by atomic mass is 19.3. The molecule has 2 atom stereocenters. The molecule has 0 saturated carbocycles. The van der Waals surface area contributed by atoms with Crippen molar-refractivity contribution in [1.29, 1.82) is 0 Å². The highest BCUT2D eigenvalue weighted by Crippen LogP contribution is 2.31. The number of halogens is 2. The summed E-state index contributed by atoms with van der Waals surface area (Å²) in [4.78, 5) is 29.4. The zero-order valence-electron chi connectivity index (χ0n) is 16.2. The molecule has 0 aromatic heterocycles. The van der Waals surface area contributed by atoms with Crippen LogP contribution in [0.3, 0.4) is 0 Å². The second kappa shape index (κ2) is 8.03. The van der Waals surface area contributed by atoms with Gasteiger partial charge in [-0.05, 0) is 36.8 Å². The molecule has 0 spiro atoms. The third kappa shape index (κ3) is 4.11. The summed E-state index contributed by atoms with van der Waals surface area (Å²) < 4.78 is 29.8. The Morgan fingerprint density at radius 1 is 1.21 bits per heavy atom. The SMILES string of the molecule is CC1(C)CN(C(=O)C2CCCN2C(=O)c2ccccc2OC(F)F)CCC1N. The molecule has 3 rings (SSSR count). The summed E-state index contributed by atoms with van der Waals surface area (Å²) in [5, 5.41) is 0. The van der Waals surface area contributed by atoms with Gasteiger partial charge in [-0.2, -0.15) is 8.78 Å². The lowest BCUT2D eigenvalue weighted by atomic mass is 9.79. The van der Waals surface area contributed by atoms with Gasteiger partial charge in [0.2, 0.25) is 5.91 Å². The van der Waals surface area contributed by atoms with E-state index in [9.17, 15) is 18.4 Å². The normalized spacial score (nSPS) is 24.5. The number of benzene rings is 1. The van der Waals surface area contributed by atoms with E-state index >= 15 is 0 Å². The molecule has 154 valence electrons.